The Bertz CT molecular complexity index is 763. The molecule has 1 N–H and O–H groups in total. The smallest absolute Gasteiger partial charge is 0.276 e. The quantitative estimate of drug-likeness (QED) is 0.793. The number of hydrogen-bond acceptors (Lipinski definition) is 5. The zero-order chi connectivity index (χ0) is 18.9. The molecule has 1 atom stereocenters. The Labute approximate surface area is 164 Å². The van der Waals surface area contributed by atoms with Crippen LogP contribution in [0.1, 0.15) is 55.6 Å². The third kappa shape index (κ3) is 4.09. The predicted octanol–water partition coefficient (Wildman–Crippen LogP) is 3.17. The Balaban J connectivity index is 1.51. The second-order valence-electron chi connectivity index (χ2n) is 8.45. The van der Waals surface area contributed by atoms with Crippen molar-refractivity contribution >= 4 is 17.2 Å². The lowest BCUT2D eigenvalue weighted by molar-refractivity contribution is 0.0686. The Hall–Kier alpha value is -1.73. The van der Waals surface area contributed by atoms with E-state index in [-0.39, 0.29) is 5.91 Å². The summed E-state index contributed by atoms with van der Waals surface area (Å²) in [5.74, 6) is 0.632. The van der Waals surface area contributed by atoms with E-state index in [1.807, 2.05) is 10.9 Å². The number of carbonyl (C=O) groups is 1. The van der Waals surface area contributed by atoms with Gasteiger partial charge in [-0.1, -0.05) is 19.1 Å². The summed E-state index contributed by atoms with van der Waals surface area (Å²) in [6, 6.07) is 2.44. The van der Waals surface area contributed by atoms with Gasteiger partial charge in [0.05, 0.1) is 6.20 Å². The fourth-order valence-electron chi connectivity index (χ4n) is 4.18. The number of hydrogen-bond donors (Lipinski definition) is 1. The van der Waals surface area contributed by atoms with Gasteiger partial charge in [-0.2, -0.15) is 11.3 Å². The molecule has 1 saturated heterocycles. The zero-order valence-corrected chi connectivity index (χ0v) is 17.0. The van der Waals surface area contributed by atoms with E-state index in [0.717, 1.165) is 45.3 Å². The highest BCUT2D eigenvalue weighted by Crippen LogP contribution is 2.56. The van der Waals surface area contributed by atoms with Gasteiger partial charge in [-0.25, -0.2) is 0 Å². The first-order chi connectivity index (χ1) is 13.1. The highest BCUT2D eigenvalue weighted by molar-refractivity contribution is 7.07. The van der Waals surface area contributed by atoms with Gasteiger partial charge in [-0.05, 0) is 72.5 Å². The van der Waals surface area contributed by atoms with E-state index < -0.39 is 0 Å². The molecule has 1 saturated carbocycles. The Morgan fingerprint density at radius 1 is 1.44 bits per heavy atom. The van der Waals surface area contributed by atoms with Crippen LogP contribution in [0.4, 0.5) is 0 Å². The molecule has 6 nitrogen and oxygen atoms in total. The number of thiophene rings is 1. The van der Waals surface area contributed by atoms with E-state index in [1.165, 1.54) is 5.56 Å². The molecule has 27 heavy (non-hydrogen) atoms. The van der Waals surface area contributed by atoms with Crippen molar-refractivity contribution in [2.45, 2.75) is 58.7 Å². The van der Waals surface area contributed by atoms with Crippen LogP contribution >= 0.6 is 11.3 Å². The average molecular weight is 388 g/mol. The van der Waals surface area contributed by atoms with E-state index in [4.69, 9.17) is 0 Å². The summed E-state index contributed by atoms with van der Waals surface area (Å²) in [4.78, 5) is 15.4. The first-order valence-corrected chi connectivity index (χ1v) is 10.9. The van der Waals surface area contributed by atoms with Gasteiger partial charge in [0.25, 0.3) is 5.91 Å². The maximum Gasteiger partial charge on any atom is 0.276 e. The largest absolute Gasteiger partial charge is 0.329 e. The second-order valence-corrected chi connectivity index (χ2v) is 9.23. The topological polar surface area (TPSA) is 63.1 Å². The standard InChI is InChI=1S/C20H29N5OS/c1-15(2)3-9-24-13-17(22-23-24)19(26)25(12-16-4-10-27-14-16)18-11-20(18)5-7-21-8-6-20/h4,10,13-15,18,21H,3,5-9,11-12H2,1-2H3. The molecule has 0 aromatic carbocycles. The van der Waals surface area contributed by atoms with Gasteiger partial charge < -0.3 is 10.2 Å². The highest BCUT2D eigenvalue weighted by atomic mass is 32.1. The van der Waals surface area contributed by atoms with Gasteiger partial charge in [0, 0.05) is 19.1 Å². The van der Waals surface area contributed by atoms with Gasteiger partial charge >= 0.3 is 0 Å². The van der Waals surface area contributed by atoms with Gasteiger partial charge in [-0.3, -0.25) is 9.48 Å². The van der Waals surface area contributed by atoms with Crippen LogP contribution in [0, 0.1) is 11.3 Å². The monoisotopic (exact) mass is 387 g/mol. The highest BCUT2D eigenvalue weighted by Gasteiger charge is 2.58. The Morgan fingerprint density at radius 3 is 2.96 bits per heavy atom. The van der Waals surface area contributed by atoms with Crippen molar-refractivity contribution in [2.24, 2.45) is 11.3 Å². The first kappa shape index (κ1) is 18.6. The number of amides is 1. The van der Waals surface area contributed by atoms with Crippen molar-refractivity contribution in [2.75, 3.05) is 13.1 Å². The summed E-state index contributed by atoms with van der Waals surface area (Å²) < 4.78 is 1.81. The average Bonchev–Trinajstić information content (AvgIpc) is 3.08. The molecule has 1 aliphatic heterocycles. The lowest BCUT2D eigenvalue weighted by atomic mass is 9.93. The fraction of sp³-hybridized carbons (Fsp3) is 0.650. The minimum absolute atomic E-state index is 0.0254. The molecular weight excluding hydrogens is 358 g/mol. The first-order valence-electron chi connectivity index (χ1n) is 10.0. The second kappa shape index (κ2) is 7.72. The summed E-state index contributed by atoms with van der Waals surface area (Å²) >= 11 is 1.68. The van der Waals surface area contributed by atoms with Crippen molar-refractivity contribution in [1.82, 2.24) is 25.2 Å². The van der Waals surface area contributed by atoms with Gasteiger partial charge in [-0.15, -0.1) is 5.10 Å². The van der Waals surface area contributed by atoms with Gasteiger partial charge in [0.15, 0.2) is 5.69 Å². The van der Waals surface area contributed by atoms with E-state index in [9.17, 15) is 4.79 Å². The minimum Gasteiger partial charge on any atom is -0.329 e. The zero-order valence-electron chi connectivity index (χ0n) is 16.2. The van der Waals surface area contributed by atoms with Crippen LogP contribution in [0.3, 0.4) is 0 Å². The molecule has 7 heteroatoms. The molecule has 2 aliphatic rings. The number of nitrogens with zero attached hydrogens (tertiary/aromatic N) is 4. The molecule has 0 bridgehead atoms. The maximum absolute atomic E-state index is 13.3. The van der Waals surface area contributed by atoms with Crippen molar-refractivity contribution in [3.05, 3.63) is 34.3 Å². The number of nitrogens with one attached hydrogen (secondary N) is 1. The molecule has 1 amide bonds. The van der Waals surface area contributed by atoms with Crippen LogP contribution in [-0.2, 0) is 13.1 Å². The van der Waals surface area contributed by atoms with Crippen molar-refractivity contribution in [3.63, 3.8) is 0 Å². The molecule has 3 heterocycles. The molecule has 2 aromatic rings. The number of piperidine rings is 1. The molecule has 1 spiro atoms. The molecule has 4 rings (SSSR count). The summed E-state index contributed by atoms with van der Waals surface area (Å²) in [5, 5.41) is 16.0. The molecule has 1 unspecified atom stereocenters. The summed E-state index contributed by atoms with van der Waals surface area (Å²) in [6.45, 7) is 7.97. The third-order valence-electron chi connectivity index (χ3n) is 6.01. The molecule has 0 radical (unpaired) electrons. The molecule has 2 aromatic heterocycles. The lowest BCUT2D eigenvalue weighted by Crippen LogP contribution is -2.39. The van der Waals surface area contributed by atoms with Crippen LogP contribution in [0.15, 0.2) is 23.0 Å². The normalized spacial score (nSPS) is 20.9. The van der Waals surface area contributed by atoms with Crippen LogP contribution in [0.2, 0.25) is 0 Å². The minimum atomic E-state index is 0.0254. The van der Waals surface area contributed by atoms with Crippen molar-refractivity contribution in [1.29, 1.82) is 0 Å². The molecular formula is C20H29N5OS. The molecule has 146 valence electrons. The predicted molar refractivity (Wildman–Crippen MR) is 107 cm³/mol. The van der Waals surface area contributed by atoms with Gasteiger partial charge in [0.2, 0.25) is 0 Å². The number of aryl methyl sites for hydroxylation is 1. The Kier molecular flexibility index (Phi) is 5.32. The summed E-state index contributed by atoms with van der Waals surface area (Å²) in [5.41, 5.74) is 1.99. The van der Waals surface area contributed by atoms with Crippen LogP contribution in [0.5, 0.6) is 0 Å². The Morgan fingerprint density at radius 2 is 2.26 bits per heavy atom. The van der Waals surface area contributed by atoms with E-state index in [2.05, 4.69) is 51.2 Å². The molecule has 1 aliphatic carbocycles. The number of rotatable bonds is 7. The van der Waals surface area contributed by atoms with Crippen LogP contribution < -0.4 is 5.32 Å². The lowest BCUT2D eigenvalue weighted by Gasteiger charge is -2.29. The van der Waals surface area contributed by atoms with Crippen molar-refractivity contribution < 1.29 is 4.79 Å². The summed E-state index contributed by atoms with van der Waals surface area (Å²) in [6.07, 6.45) is 6.29. The number of carbonyl (C=O) groups excluding carboxylic acids is 1. The van der Waals surface area contributed by atoms with Crippen molar-refractivity contribution in [3.8, 4) is 0 Å². The number of aromatic nitrogens is 3. The van der Waals surface area contributed by atoms with Crippen LogP contribution in [0.25, 0.3) is 0 Å². The SMILES string of the molecule is CC(C)CCn1cc(C(=O)N(Cc2ccsc2)C2CC23CCNCC3)nn1. The fourth-order valence-corrected chi connectivity index (χ4v) is 4.83. The third-order valence-corrected chi connectivity index (χ3v) is 6.74. The van der Waals surface area contributed by atoms with E-state index in [1.54, 1.807) is 11.3 Å². The van der Waals surface area contributed by atoms with Crippen LogP contribution in [-0.4, -0.2) is 44.9 Å². The molecule has 2 fully saturated rings. The van der Waals surface area contributed by atoms with E-state index >= 15 is 0 Å². The van der Waals surface area contributed by atoms with E-state index in [0.29, 0.717) is 29.6 Å². The summed E-state index contributed by atoms with van der Waals surface area (Å²) in [7, 11) is 0. The van der Waals surface area contributed by atoms with Gasteiger partial charge in [0.1, 0.15) is 0 Å². The maximum atomic E-state index is 13.3.